The van der Waals surface area contributed by atoms with E-state index in [0.29, 0.717) is 28.1 Å². The highest BCUT2D eigenvalue weighted by Gasteiger charge is 2.23. The van der Waals surface area contributed by atoms with Gasteiger partial charge in [-0.1, -0.05) is 54.6 Å². The Bertz CT molecular complexity index is 1630. The summed E-state index contributed by atoms with van der Waals surface area (Å²) in [5.74, 6) is 0.301. The van der Waals surface area contributed by atoms with E-state index in [2.05, 4.69) is 48.7 Å². The number of halogens is 1. The van der Waals surface area contributed by atoms with E-state index in [9.17, 15) is 9.90 Å². The van der Waals surface area contributed by atoms with Crippen molar-refractivity contribution >= 4 is 32.9 Å². The molecule has 0 aliphatic rings. The van der Waals surface area contributed by atoms with Gasteiger partial charge < -0.3 is 19.3 Å². The number of esters is 1. The number of hydrogen-bond acceptors (Lipinski definition) is 10. The van der Waals surface area contributed by atoms with Gasteiger partial charge in [0.2, 0.25) is 0 Å². The van der Waals surface area contributed by atoms with Crippen LogP contribution in [0.1, 0.15) is 23.6 Å². The number of rotatable bonds is 13. The average molecular weight is 633 g/mol. The second-order valence-corrected chi connectivity index (χ2v) is 10.1. The van der Waals surface area contributed by atoms with Gasteiger partial charge in [-0.05, 0) is 50.4 Å². The SMILES string of the molecule is CCOC(=O)C(CO)NCc1c(OCc2cccnc2)cc(OCc2cccc(-c3ccccc3)c2Br)c2nonc12. The van der Waals surface area contributed by atoms with Crippen LogP contribution < -0.4 is 14.8 Å². The van der Waals surface area contributed by atoms with E-state index in [1.165, 1.54) is 0 Å². The Morgan fingerprint density at radius 2 is 1.81 bits per heavy atom. The standard InChI is InChI=1S/C31H29BrN4O6/c1-2-39-31(38)25(17-37)34-16-24-26(40-18-20-8-7-13-33-15-20)14-27(30-29(24)35-42-36-30)41-19-22-11-6-12-23(28(22)32)21-9-4-3-5-10-21/h3-15,25,34,37H,2,16-19H2,1H3. The van der Waals surface area contributed by atoms with E-state index in [1.807, 2.05) is 48.5 Å². The molecule has 0 aliphatic heterocycles. The van der Waals surface area contributed by atoms with Crippen molar-refractivity contribution in [3.05, 3.63) is 100 Å². The lowest BCUT2D eigenvalue weighted by Gasteiger charge is -2.18. The number of benzene rings is 3. The van der Waals surface area contributed by atoms with E-state index >= 15 is 0 Å². The summed E-state index contributed by atoms with van der Waals surface area (Å²) in [7, 11) is 0. The van der Waals surface area contributed by atoms with Gasteiger partial charge in [-0.2, -0.15) is 0 Å². The molecule has 42 heavy (non-hydrogen) atoms. The highest BCUT2D eigenvalue weighted by atomic mass is 79.9. The number of hydrogen-bond donors (Lipinski definition) is 2. The van der Waals surface area contributed by atoms with E-state index in [1.54, 1.807) is 25.4 Å². The van der Waals surface area contributed by atoms with Gasteiger partial charge in [0.05, 0.1) is 13.2 Å². The minimum Gasteiger partial charge on any atom is -0.488 e. The third-order valence-electron chi connectivity index (χ3n) is 6.51. The zero-order chi connectivity index (χ0) is 29.3. The minimum absolute atomic E-state index is 0.113. The van der Waals surface area contributed by atoms with Crippen LogP contribution >= 0.6 is 15.9 Å². The van der Waals surface area contributed by atoms with Crippen LogP contribution in [-0.4, -0.2) is 45.6 Å². The molecule has 10 nitrogen and oxygen atoms in total. The van der Waals surface area contributed by atoms with Crippen LogP contribution in [0.4, 0.5) is 0 Å². The van der Waals surface area contributed by atoms with Gasteiger partial charge in [-0.3, -0.25) is 15.1 Å². The van der Waals surface area contributed by atoms with Gasteiger partial charge in [0, 0.05) is 46.2 Å². The number of aromatic nitrogens is 3. The van der Waals surface area contributed by atoms with Crippen LogP contribution in [0.15, 0.2) is 88.2 Å². The molecule has 2 aromatic heterocycles. The molecule has 0 fully saturated rings. The number of aliphatic hydroxyl groups excluding tert-OH is 1. The third kappa shape index (κ3) is 6.76. The quantitative estimate of drug-likeness (QED) is 0.167. The Morgan fingerprint density at radius 3 is 2.57 bits per heavy atom. The molecule has 0 saturated carbocycles. The number of ether oxygens (including phenoxy) is 3. The molecule has 0 amide bonds. The lowest BCUT2D eigenvalue weighted by molar-refractivity contribution is -0.146. The van der Waals surface area contributed by atoms with E-state index in [0.717, 1.165) is 26.7 Å². The summed E-state index contributed by atoms with van der Waals surface area (Å²) in [5, 5.41) is 21.0. The Kier molecular flexibility index (Phi) is 9.75. The number of carbonyl (C=O) groups is 1. The van der Waals surface area contributed by atoms with Crippen LogP contribution in [0.25, 0.3) is 22.2 Å². The molecule has 5 rings (SSSR count). The molecule has 0 aliphatic carbocycles. The molecule has 216 valence electrons. The number of nitrogens with one attached hydrogen (secondary N) is 1. The van der Waals surface area contributed by atoms with Gasteiger partial charge in [-0.15, -0.1) is 0 Å². The van der Waals surface area contributed by atoms with Gasteiger partial charge in [0.1, 0.15) is 30.5 Å². The highest BCUT2D eigenvalue weighted by molar-refractivity contribution is 9.10. The summed E-state index contributed by atoms with van der Waals surface area (Å²) in [6.07, 6.45) is 3.40. The van der Waals surface area contributed by atoms with Gasteiger partial charge >= 0.3 is 5.97 Å². The number of carbonyl (C=O) groups excluding carboxylic acids is 1. The molecule has 0 radical (unpaired) electrons. The molecule has 11 heteroatoms. The molecule has 5 aromatic rings. The number of fused-ring (bicyclic) bond motifs is 1. The maximum Gasteiger partial charge on any atom is 0.325 e. The lowest BCUT2D eigenvalue weighted by atomic mass is 10.0. The van der Waals surface area contributed by atoms with Crippen molar-refractivity contribution in [1.82, 2.24) is 20.6 Å². The highest BCUT2D eigenvalue weighted by Crippen LogP contribution is 2.36. The minimum atomic E-state index is -0.934. The molecule has 3 aromatic carbocycles. The van der Waals surface area contributed by atoms with Crippen LogP contribution in [-0.2, 0) is 29.3 Å². The van der Waals surface area contributed by atoms with E-state index in [4.69, 9.17) is 18.8 Å². The maximum absolute atomic E-state index is 12.3. The van der Waals surface area contributed by atoms with Crippen molar-refractivity contribution in [2.75, 3.05) is 13.2 Å². The predicted molar refractivity (Wildman–Crippen MR) is 159 cm³/mol. The molecule has 1 atom stereocenters. The second-order valence-electron chi connectivity index (χ2n) is 9.26. The van der Waals surface area contributed by atoms with Crippen molar-refractivity contribution in [3.63, 3.8) is 0 Å². The molecule has 2 heterocycles. The maximum atomic E-state index is 12.3. The van der Waals surface area contributed by atoms with Crippen molar-refractivity contribution in [1.29, 1.82) is 0 Å². The van der Waals surface area contributed by atoms with Crippen molar-refractivity contribution < 1.29 is 28.7 Å². The van der Waals surface area contributed by atoms with E-state index < -0.39 is 18.6 Å². The van der Waals surface area contributed by atoms with Crippen LogP contribution in [0.2, 0.25) is 0 Å². The predicted octanol–water partition coefficient (Wildman–Crippen LogP) is 5.22. The Morgan fingerprint density at radius 1 is 1.00 bits per heavy atom. The fraction of sp³-hybridized carbons (Fsp3) is 0.226. The Balaban J connectivity index is 1.45. The monoisotopic (exact) mass is 632 g/mol. The van der Waals surface area contributed by atoms with Crippen LogP contribution in [0, 0.1) is 0 Å². The van der Waals surface area contributed by atoms with Gasteiger partial charge in [0.25, 0.3) is 0 Å². The normalized spacial score (nSPS) is 11.8. The first-order valence-electron chi connectivity index (χ1n) is 13.3. The van der Waals surface area contributed by atoms with Crippen molar-refractivity contribution in [2.45, 2.75) is 32.7 Å². The number of nitrogens with zero attached hydrogens (tertiary/aromatic N) is 3. The average Bonchev–Trinajstić information content (AvgIpc) is 3.52. The van der Waals surface area contributed by atoms with Gasteiger partial charge in [-0.25, -0.2) is 4.63 Å². The Hall–Kier alpha value is -4.32. The first-order chi connectivity index (χ1) is 20.6. The molecular weight excluding hydrogens is 604 g/mol. The molecule has 0 bridgehead atoms. The zero-order valence-corrected chi connectivity index (χ0v) is 24.4. The van der Waals surface area contributed by atoms with Gasteiger partial charge in [0.15, 0.2) is 11.3 Å². The smallest absolute Gasteiger partial charge is 0.325 e. The van der Waals surface area contributed by atoms with Crippen LogP contribution in [0.5, 0.6) is 11.5 Å². The summed E-state index contributed by atoms with van der Waals surface area (Å²) in [6, 6.07) is 20.6. The topological polar surface area (TPSA) is 129 Å². The zero-order valence-electron chi connectivity index (χ0n) is 22.8. The second kappa shape index (κ2) is 14.0. The molecule has 0 spiro atoms. The number of pyridine rings is 1. The third-order valence-corrected chi connectivity index (χ3v) is 7.45. The van der Waals surface area contributed by atoms with E-state index in [-0.39, 0.29) is 26.4 Å². The molecule has 0 saturated heterocycles. The fourth-order valence-electron chi connectivity index (χ4n) is 4.37. The molecular formula is C31H29BrN4O6. The summed E-state index contributed by atoms with van der Waals surface area (Å²) >= 11 is 3.75. The van der Waals surface area contributed by atoms with Crippen molar-refractivity contribution in [3.8, 4) is 22.6 Å². The first kappa shape index (κ1) is 29.2. The summed E-state index contributed by atoms with van der Waals surface area (Å²) in [6.45, 7) is 2.04. The summed E-state index contributed by atoms with van der Waals surface area (Å²) in [4.78, 5) is 16.4. The first-order valence-corrected chi connectivity index (χ1v) is 14.1. The lowest BCUT2D eigenvalue weighted by Crippen LogP contribution is -2.40. The van der Waals surface area contributed by atoms with Crippen LogP contribution in [0.3, 0.4) is 0 Å². The summed E-state index contributed by atoms with van der Waals surface area (Å²) < 4.78 is 23.6. The Labute approximate surface area is 250 Å². The van der Waals surface area contributed by atoms with Crippen molar-refractivity contribution in [2.24, 2.45) is 0 Å². The fourth-order valence-corrected chi connectivity index (χ4v) is 4.98. The number of aliphatic hydroxyl groups is 1. The molecule has 1 unspecified atom stereocenters. The molecule has 2 N–H and O–H groups in total. The summed E-state index contributed by atoms with van der Waals surface area (Å²) in [5.41, 5.74) is 5.31. The largest absolute Gasteiger partial charge is 0.488 e.